The summed E-state index contributed by atoms with van der Waals surface area (Å²) in [5.74, 6) is 0.206. The molecule has 4 rings (SSSR count). The fraction of sp³-hybridized carbons (Fsp3) is 0.360. The SMILES string of the molecule is Nc1c(N(CCN2CCCCC2)Cc2ccccc2)c(=O)[nH]c(=O)n1Cc1ccccc1. The van der Waals surface area contributed by atoms with E-state index >= 15 is 0 Å². The standard InChI is InChI=1S/C25H31N5O2/c26-23-22(24(31)27-25(32)30(23)19-21-12-6-2-7-13-21)29(18-20-10-4-1-5-11-20)17-16-28-14-8-3-9-15-28/h1-2,4-7,10-13H,3,8-9,14-19,26H2,(H,27,31,32). The van der Waals surface area contributed by atoms with Crippen LogP contribution >= 0.6 is 0 Å². The van der Waals surface area contributed by atoms with Gasteiger partial charge in [-0.15, -0.1) is 0 Å². The molecule has 0 atom stereocenters. The van der Waals surface area contributed by atoms with Gasteiger partial charge in [0.05, 0.1) is 6.54 Å². The first-order valence-corrected chi connectivity index (χ1v) is 11.3. The number of hydrogen-bond acceptors (Lipinski definition) is 5. The van der Waals surface area contributed by atoms with Crippen LogP contribution in [0.5, 0.6) is 0 Å². The molecule has 1 aliphatic heterocycles. The molecule has 1 aromatic heterocycles. The zero-order chi connectivity index (χ0) is 22.3. The van der Waals surface area contributed by atoms with Gasteiger partial charge in [-0.05, 0) is 37.1 Å². The normalized spacial score (nSPS) is 14.4. The molecule has 0 amide bonds. The summed E-state index contributed by atoms with van der Waals surface area (Å²) in [5.41, 5.74) is 7.95. The monoisotopic (exact) mass is 433 g/mol. The van der Waals surface area contributed by atoms with E-state index in [9.17, 15) is 9.59 Å². The number of nitrogen functional groups attached to an aromatic ring is 1. The van der Waals surface area contributed by atoms with Crippen LogP contribution in [0.25, 0.3) is 0 Å². The molecule has 32 heavy (non-hydrogen) atoms. The zero-order valence-corrected chi connectivity index (χ0v) is 18.4. The smallest absolute Gasteiger partial charge is 0.330 e. The van der Waals surface area contributed by atoms with Crippen molar-refractivity contribution in [3.63, 3.8) is 0 Å². The predicted molar refractivity (Wildman–Crippen MR) is 129 cm³/mol. The number of likely N-dealkylation sites (tertiary alicyclic amines) is 1. The fourth-order valence-corrected chi connectivity index (χ4v) is 4.32. The van der Waals surface area contributed by atoms with Gasteiger partial charge >= 0.3 is 5.69 Å². The third kappa shape index (κ3) is 5.29. The van der Waals surface area contributed by atoms with Crippen molar-refractivity contribution >= 4 is 11.5 Å². The summed E-state index contributed by atoms with van der Waals surface area (Å²) in [7, 11) is 0. The first-order chi connectivity index (χ1) is 15.6. The first-order valence-electron chi connectivity index (χ1n) is 11.3. The summed E-state index contributed by atoms with van der Waals surface area (Å²) in [4.78, 5) is 32.5. The first kappa shape index (κ1) is 21.9. The molecular weight excluding hydrogens is 402 g/mol. The molecular formula is C25H31N5O2. The number of piperidine rings is 1. The van der Waals surface area contributed by atoms with E-state index in [0.717, 1.165) is 30.8 Å². The highest BCUT2D eigenvalue weighted by atomic mass is 16.2. The highest BCUT2D eigenvalue weighted by molar-refractivity contribution is 5.62. The molecule has 0 radical (unpaired) electrons. The number of aromatic amines is 1. The molecule has 1 aliphatic rings. The van der Waals surface area contributed by atoms with Crippen LogP contribution in [-0.4, -0.2) is 40.6 Å². The van der Waals surface area contributed by atoms with Crippen molar-refractivity contribution in [1.82, 2.24) is 14.5 Å². The largest absolute Gasteiger partial charge is 0.383 e. The Bertz CT molecular complexity index is 1120. The van der Waals surface area contributed by atoms with E-state index in [4.69, 9.17) is 5.73 Å². The van der Waals surface area contributed by atoms with Gasteiger partial charge in [-0.25, -0.2) is 4.79 Å². The van der Waals surface area contributed by atoms with Gasteiger partial charge in [-0.1, -0.05) is 67.1 Å². The average molecular weight is 434 g/mol. The molecule has 168 valence electrons. The minimum absolute atomic E-state index is 0.206. The molecule has 0 unspecified atom stereocenters. The van der Waals surface area contributed by atoms with Gasteiger partial charge in [0.15, 0.2) is 0 Å². The van der Waals surface area contributed by atoms with Gasteiger partial charge in [0.2, 0.25) is 0 Å². The average Bonchev–Trinajstić information content (AvgIpc) is 2.82. The molecule has 0 aliphatic carbocycles. The Morgan fingerprint density at radius 1 is 0.875 bits per heavy atom. The molecule has 1 fully saturated rings. The molecule has 7 heteroatoms. The Kier molecular flexibility index (Phi) is 7.07. The Morgan fingerprint density at radius 3 is 2.16 bits per heavy atom. The van der Waals surface area contributed by atoms with E-state index in [1.54, 1.807) is 0 Å². The summed E-state index contributed by atoms with van der Waals surface area (Å²) < 4.78 is 1.45. The van der Waals surface area contributed by atoms with Crippen LogP contribution < -0.4 is 21.9 Å². The van der Waals surface area contributed by atoms with Gasteiger partial charge in [0.1, 0.15) is 11.5 Å². The van der Waals surface area contributed by atoms with Gasteiger partial charge in [-0.2, -0.15) is 0 Å². The number of H-pyrrole nitrogens is 1. The second kappa shape index (κ2) is 10.3. The summed E-state index contributed by atoms with van der Waals surface area (Å²) in [6.45, 7) is 4.53. The van der Waals surface area contributed by atoms with Crippen LogP contribution in [-0.2, 0) is 13.1 Å². The number of aromatic nitrogens is 2. The van der Waals surface area contributed by atoms with E-state index in [0.29, 0.717) is 25.3 Å². The van der Waals surface area contributed by atoms with Crippen LogP contribution in [0.1, 0.15) is 30.4 Å². The second-order valence-corrected chi connectivity index (χ2v) is 8.37. The van der Waals surface area contributed by atoms with Gasteiger partial charge in [0.25, 0.3) is 5.56 Å². The number of hydrogen-bond donors (Lipinski definition) is 2. The minimum atomic E-state index is -0.490. The Hall–Kier alpha value is -3.32. The lowest BCUT2D eigenvalue weighted by molar-refractivity contribution is 0.233. The fourth-order valence-electron chi connectivity index (χ4n) is 4.32. The number of nitrogens with one attached hydrogen (secondary N) is 1. The lowest BCUT2D eigenvalue weighted by Crippen LogP contribution is -2.42. The molecule has 0 bridgehead atoms. The van der Waals surface area contributed by atoms with Crippen molar-refractivity contribution < 1.29 is 0 Å². The number of nitrogens with two attached hydrogens (primary N) is 1. The highest BCUT2D eigenvalue weighted by Gasteiger charge is 2.21. The van der Waals surface area contributed by atoms with Crippen LogP contribution in [0, 0.1) is 0 Å². The van der Waals surface area contributed by atoms with E-state index in [1.807, 2.05) is 65.6 Å². The third-order valence-corrected chi connectivity index (χ3v) is 6.06. The second-order valence-electron chi connectivity index (χ2n) is 8.37. The van der Waals surface area contributed by atoms with Crippen molar-refractivity contribution in [2.24, 2.45) is 0 Å². The van der Waals surface area contributed by atoms with Crippen LogP contribution in [0.15, 0.2) is 70.3 Å². The maximum Gasteiger partial charge on any atom is 0.330 e. The Labute approximate surface area is 188 Å². The maximum absolute atomic E-state index is 12.9. The van der Waals surface area contributed by atoms with Crippen molar-refractivity contribution in [3.05, 3.63) is 92.6 Å². The lowest BCUT2D eigenvalue weighted by atomic mass is 10.1. The van der Waals surface area contributed by atoms with Crippen molar-refractivity contribution in [2.45, 2.75) is 32.4 Å². The summed E-state index contributed by atoms with van der Waals surface area (Å²) in [6.07, 6.45) is 3.70. The molecule has 0 saturated carbocycles. The van der Waals surface area contributed by atoms with Crippen LogP contribution in [0.4, 0.5) is 11.5 Å². The van der Waals surface area contributed by atoms with Crippen LogP contribution in [0.3, 0.4) is 0 Å². The Balaban J connectivity index is 1.67. The predicted octanol–water partition coefficient (Wildman–Crippen LogP) is 2.66. The van der Waals surface area contributed by atoms with Gasteiger partial charge < -0.3 is 15.5 Å². The molecule has 1 saturated heterocycles. The topological polar surface area (TPSA) is 87.4 Å². The highest BCUT2D eigenvalue weighted by Crippen LogP contribution is 2.20. The molecule has 2 heterocycles. The third-order valence-electron chi connectivity index (χ3n) is 6.06. The molecule has 2 aromatic carbocycles. The van der Waals surface area contributed by atoms with Gasteiger partial charge in [0, 0.05) is 19.6 Å². The van der Waals surface area contributed by atoms with Gasteiger partial charge in [-0.3, -0.25) is 14.3 Å². The number of rotatable bonds is 8. The van der Waals surface area contributed by atoms with E-state index in [1.165, 1.54) is 23.8 Å². The van der Waals surface area contributed by atoms with E-state index < -0.39 is 11.2 Å². The molecule has 3 N–H and O–H groups in total. The zero-order valence-electron chi connectivity index (χ0n) is 18.4. The number of anilines is 2. The van der Waals surface area contributed by atoms with Crippen molar-refractivity contribution in [3.8, 4) is 0 Å². The van der Waals surface area contributed by atoms with Crippen molar-refractivity contribution in [2.75, 3.05) is 36.8 Å². The van der Waals surface area contributed by atoms with E-state index in [2.05, 4.69) is 9.88 Å². The number of benzene rings is 2. The summed E-state index contributed by atoms with van der Waals surface area (Å²) in [6, 6.07) is 19.7. The molecule has 3 aromatic rings. The molecule has 0 spiro atoms. The lowest BCUT2D eigenvalue weighted by Gasteiger charge is -2.31. The molecule has 7 nitrogen and oxygen atoms in total. The van der Waals surface area contributed by atoms with Crippen molar-refractivity contribution in [1.29, 1.82) is 0 Å². The van der Waals surface area contributed by atoms with E-state index in [-0.39, 0.29) is 5.82 Å². The Morgan fingerprint density at radius 2 is 1.50 bits per heavy atom. The van der Waals surface area contributed by atoms with Crippen LogP contribution in [0.2, 0.25) is 0 Å². The summed E-state index contributed by atoms with van der Waals surface area (Å²) in [5, 5.41) is 0. The number of nitrogens with zero attached hydrogens (tertiary/aromatic N) is 3. The minimum Gasteiger partial charge on any atom is -0.383 e. The summed E-state index contributed by atoms with van der Waals surface area (Å²) >= 11 is 0. The quantitative estimate of drug-likeness (QED) is 0.570. The maximum atomic E-state index is 12.9.